The fourth-order valence-corrected chi connectivity index (χ4v) is 6.81. The number of benzene rings is 2. The van der Waals surface area contributed by atoms with Crippen molar-refractivity contribution in [3.63, 3.8) is 0 Å². The highest BCUT2D eigenvalue weighted by Gasteiger charge is 2.52. The summed E-state index contributed by atoms with van der Waals surface area (Å²) >= 11 is 0. The van der Waals surface area contributed by atoms with Crippen LogP contribution < -0.4 is 14.5 Å². The van der Waals surface area contributed by atoms with Gasteiger partial charge >= 0.3 is 19.3 Å². The molecule has 0 amide bonds. The number of aliphatic carboxylic acids is 1. The summed E-state index contributed by atoms with van der Waals surface area (Å²) in [6.07, 6.45) is -4.00. The Morgan fingerprint density at radius 3 is 2.33 bits per heavy atom. The summed E-state index contributed by atoms with van der Waals surface area (Å²) in [5.74, 6) is -1.01. The van der Waals surface area contributed by atoms with Gasteiger partial charge in [0.1, 0.15) is 11.9 Å². The normalized spacial score (nSPS) is 25.6. The zero-order valence-electron chi connectivity index (χ0n) is 22.6. The molecule has 13 heteroatoms. The number of carboxylic acid groups (broad SMARTS) is 1. The van der Waals surface area contributed by atoms with E-state index in [-0.39, 0.29) is 23.9 Å². The number of carboxylic acids is 1. The Balaban J connectivity index is 1.51. The van der Waals surface area contributed by atoms with Gasteiger partial charge in [0.05, 0.1) is 39.8 Å². The van der Waals surface area contributed by atoms with Crippen LogP contribution >= 0.6 is 0 Å². The van der Waals surface area contributed by atoms with Crippen molar-refractivity contribution in [3.05, 3.63) is 48.0 Å². The molecular formula is C27H31BF3NO7S. The van der Waals surface area contributed by atoms with Crippen molar-refractivity contribution in [2.75, 3.05) is 10.8 Å². The molecule has 0 unspecified atom stereocenters. The predicted molar refractivity (Wildman–Crippen MR) is 141 cm³/mol. The van der Waals surface area contributed by atoms with E-state index in [0.717, 1.165) is 22.5 Å². The maximum atomic E-state index is 13.9. The second kappa shape index (κ2) is 9.66. The third kappa shape index (κ3) is 5.19. The van der Waals surface area contributed by atoms with Crippen LogP contribution in [0.5, 0.6) is 5.75 Å². The number of hydrogen-bond acceptors (Lipinski definition) is 6. The molecule has 0 bridgehead atoms. The summed E-state index contributed by atoms with van der Waals surface area (Å²) in [5, 5.41) is 9.20. The first kappa shape index (κ1) is 28.8. The lowest BCUT2D eigenvalue weighted by molar-refractivity contribution is -0.146. The fraction of sp³-hybridized carbons (Fsp3) is 0.519. The maximum Gasteiger partial charge on any atom is 0.494 e. The number of sulfonamides is 1. The van der Waals surface area contributed by atoms with Crippen molar-refractivity contribution in [1.82, 2.24) is 0 Å². The highest BCUT2D eigenvalue weighted by Crippen LogP contribution is 2.43. The zero-order chi connectivity index (χ0) is 29.3. The van der Waals surface area contributed by atoms with Gasteiger partial charge in [-0.05, 0) is 88.7 Å². The third-order valence-corrected chi connectivity index (χ3v) is 10.1. The number of hydrogen-bond donors (Lipinski definition) is 1. The van der Waals surface area contributed by atoms with Crippen molar-refractivity contribution in [3.8, 4) is 5.75 Å². The van der Waals surface area contributed by atoms with E-state index in [4.69, 9.17) is 14.0 Å². The molecule has 2 aromatic rings. The molecule has 0 aromatic heterocycles. The lowest BCUT2D eigenvalue weighted by atomic mass is 9.72. The van der Waals surface area contributed by atoms with Crippen molar-refractivity contribution >= 4 is 34.3 Å². The molecule has 216 valence electrons. The second-order valence-electron chi connectivity index (χ2n) is 11.7. The summed E-state index contributed by atoms with van der Waals surface area (Å²) in [6, 6.07) is 8.54. The van der Waals surface area contributed by atoms with E-state index in [9.17, 15) is 31.5 Å². The molecule has 1 saturated heterocycles. The van der Waals surface area contributed by atoms with Crippen LogP contribution in [0.1, 0.15) is 52.5 Å². The van der Waals surface area contributed by atoms with Crippen LogP contribution in [-0.2, 0) is 30.3 Å². The molecule has 1 aliphatic carbocycles. The number of alkyl halides is 3. The van der Waals surface area contributed by atoms with Crippen molar-refractivity contribution in [2.45, 2.75) is 75.3 Å². The maximum absolute atomic E-state index is 13.9. The molecule has 1 saturated carbocycles. The van der Waals surface area contributed by atoms with E-state index in [1.54, 1.807) is 18.2 Å². The second-order valence-corrected chi connectivity index (χ2v) is 13.6. The summed E-state index contributed by atoms with van der Waals surface area (Å²) in [7, 11) is -5.25. The number of ether oxygens (including phenoxy) is 1. The minimum atomic E-state index is -4.72. The van der Waals surface area contributed by atoms with Crippen molar-refractivity contribution < 1.29 is 45.5 Å². The molecular weight excluding hydrogens is 550 g/mol. The summed E-state index contributed by atoms with van der Waals surface area (Å²) in [5.41, 5.74) is -1.66. The van der Waals surface area contributed by atoms with Gasteiger partial charge in [0.2, 0.25) is 0 Å². The number of anilines is 1. The van der Waals surface area contributed by atoms with Crippen LogP contribution in [0.4, 0.5) is 18.9 Å². The Labute approximate surface area is 231 Å². The number of nitrogens with zero attached hydrogens (tertiary/aromatic N) is 1. The van der Waals surface area contributed by atoms with E-state index in [1.165, 1.54) is 0 Å². The first-order chi connectivity index (χ1) is 18.5. The molecule has 2 fully saturated rings. The standard InChI is InChI=1S/C27H31BF3NO7S/c1-25(2)26(3,4)39-28(38-25)19-8-9-23-22(14-19)32(15-20(37-23)12-16-10-17(11-16)24(33)34)40(35,36)21-7-5-6-18(13-21)27(29,30)31/h5-9,13-14,16-17,20H,10-12,15H2,1-4H3,(H,33,34)/t16?,17?,20-/m0/s1. The van der Waals surface area contributed by atoms with Gasteiger partial charge in [-0.2, -0.15) is 13.2 Å². The smallest absolute Gasteiger partial charge is 0.486 e. The van der Waals surface area contributed by atoms with Gasteiger partial charge in [0, 0.05) is 0 Å². The highest BCUT2D eigenvalue weighted by molar-refractivity contribution is 7.92. The van der Waals surface area contributed by atoms with Gasteiger partial charge in [-0.25, -0.2) is 8.42 Å². The van der Waals surface area contributed by atoms with E-state index in [0.29, 0.717) is 30.8 Å². The molecule has 2 heterocycles. The van der Waals surface area contributed by atoms with E-state index in [1.807, 2.05) is 27.7 Å². The van der Waals surface area contributed by atoms with Crippen molar-refractivity contribution in [2.24, 2.45) is 11.8 Å². The fourth-order valence-electron chi connectivity index (χ4n) is 5.27. The summed E-state index contributed by atoms with van der Waals surface area (Å²) < 4.78 is 87.5. The quantitative estimate of drug-likeness (QED) is 0.503. The molecule has 1 N–H and O–H groups in total. The molecule has 2 aliphatic heterocycles. The first-order valence-electron chi connectivity index (χ1n) is 13.1. The van der Waals surface area contributed by atoms with Gasteiger partial charge in [0.25, 0.3) is 10.0 Å². The molecule has 8 nitrogen and oxygen atoms in total. The third-order valence-electron chi connectivity index (χ3n) is 8.37. The molecule has 1 atom stereocenters. The minimum Gasteiger partial charge on any atom is -0.486 e. The lowest BCUT2D eigenvalue weighted by Crippen LogP contribution is -2.46. The van der Waals surface area contributed by atoms with E-state index < -0.39 is 63.0 Å². The molecule has 2 aromatic carbocycles. The van der Waals surface area contributed by atoms with E-state index in [2.05, 4.69) is 0 Å². The van der Waals surface area contributed by atoms with Gasteiger partial charge in [-0.1, -0.05) is 12.1 Å². The SMILES string of the molecule is CC1(C)OB(c2ccc3c(c2)N(S(=O)(=O)c2cccc(C(F)(F)F)c2)C[C@H](CC2CC(C(=O)O)C2)O3)OC1(C)C. The summed E-state index contributed by atoms with van der Waals surface area (Å²) in [4.78, 5) is 10.7. The molecule has 0 spiro atoms. The summed E-state index contributed by atoms with van der Waals surface area (Å²) in [6.45, 7) is 7.40. The average molecular weight is 581 g/mol. The number of fused-ring (bicyclic) bond motifs is 1. The largest absolute Gasteiger partial charge is 0.494 e. The average Bonchev–Trinajstić information content (AvgIpc) is 3.06. The van der Waals surface area contributed by atoms with Gasteiger partial charge in [-0.15, -0.1) is 0 Å². The number of rotatable bonds is 6. The Hall–Kier alpha value is -2.77. The highest BCUT2D eigenvalue weighted by atomic mass is 32.2. The van der Waals surface area contributed by atoms with Crippen LogP contribution in [0, 0.1) is 11.8 Å². The number of carbonyl (C=O) groups is 1. The van der Waals surface area contributed by atoms with E-state index >= 15 is 0 Å². The number of halogens is 3. The Morgan fingerprint density at radius 2 is 1.73 bits per heavy atom. The Kier molecular flexibility index (Phi) is 6.95. The van der Waals surface area contributed by atoms with Crippen molar-refractivity contribution in [1.29, 1.82) is 0 Å². The van der Waals surface area contributed by atoms with Gasteiger partial charge in [-0.3, -0.25) is 9.10 Å². The van der Waals surface area contributed by atoms with Crippen LogP contribution in [0.3, 0.4) is 0 Å². The Morgan fingerprint density at radius 1 is 1.07 bits per heavy atom. The topological polar surface area (TPSA) is 102 Å². The molecule has 0 radical (unpaired) electrons. The minimum absolute atomic E-state index is 0.0368. The zero-order valence-corrected chi connectivity index (χ0v) is 23.4. The van der Waals surface area contributed by atoms with Crippen LogP contribution in [0.15, 0.2) is 47.4 Å². The molecule has 5 rings (SSSR count). The predicted octanol–water partition coefficient (Wildman–Crippen LogP) is 4.46. The monoisotopic (exact) mass is 581 g/mol. The molecule has 40 heavy (non-hydrogen) atoms. The molecule has 3 aliphatic rings. The Bertz CT molecular complexity index is 1410. The lowest BCUT2D eigenvalue weighted by Gasteiger charge is -2.40. The van der Waals surface area contributed by atoms with Gasteiger partial charge in [0.15, 0.2) is 0 Å². The van der Waals surface area contributed by atoms with Crippen LogP contribution in [-0.4, -0.2) is 50.5 Å². The van der Waals surface area contributed by atoms with Crippen LogP contribution in [0.25, 0.3) is 0 Å². The van der Waals surface area contributed by atoms with Crippen LogP contribution in [0.2, 0.25) is 0 Å². The first-order valence-corrected chi connectivity index (χ1v) is 14.5. The van der Waals surface area contributed by atoms with Gasteiger partial charge < -0.3 is 19.2 Å².